The van der Waals surface area contributed by atoms with Crippen molar-refractivity contribution in [3.63, 3.8) is 0 Å². The topological polar surface area (TPSA) is 0 Å². The van der Waals surface area contributed by atoms with Crippen LogP contribution >= 0.6 is 9.90 Å². The van der Waals surface area contributed by atoms with Gasteiger partial charge in [0.1, 0.15) is 52.7 Å². The fourth-order valence-electron chi connectivity index (χ4n) is 4.87. The molecule has 1 unspecified atom stereocenters. The molecule has 0 spiro atoms. The van der Waals surface area contributed by atoms with Gasteiger partial charge in [-0.05, 0) is 0 Å². The number of rotatable bonds is 4. The van der Waals surface area contributed by atoms with E-state index in [1.54, 1.807) is 0 Å². The summed E-state index contributed by atoms with van der Waals surface area (Å²) in [6, 6.07) is 0. The molecule has 0 aromatic heterocycles. The minimum Gasteiger partial charge on any atom is -0.207 e. The van der Waals surface area contributed by atoms with Crippen molar-refractivity contribution >= 4 is 37.9 Å². The minimum atomic E-state index is -7.22. The molecule has 0 aliphatic rings. The predicted molar refractivity (Wildman–Crippen MR) is 120 cm³/mol. The van der Waals surface area contributed by atoms with Gasteiger partial charge < -0.3 is 0 Å². The minimum absolute atomic E-state index is 0. The molecule has 0 radical (unpaired) electrons. The van der Waals surface area contributed by atoms with Crippen molar-refractivity contribution in [1.29, 1.82) is 0 Å². The van der Waals surface area contributed by atoms with Gasteiger partial charge in [0.25, 0.3) is 0 Å². The van der Waals surface area contributed by atoms with E-state index in [1.165, 1.54) is 0 Å². The predicted octanol–water partition coefficient (Wildman–Crippen LogP) is 2.91. The Morgan fingerprint density at radius 3 is 0.383 bits per heavy atom. The van der Waals surface area contributed by atoms with Crippen LogP contribution in [0.4, 0.5) is 87.8 Å². The van der Waals surface area contributed by atoms with Crippen molar-refractivity contribution in [1.82, 2.24) is 0 Å². The molecule has 0 aliphatic carbocycles. The van der Waals surface area contributed by atoms with Crippen molar-refractivity contribution < 1.29 is 107 Å². The molecule has 0 amide bonds. The van der Waals surface area contributed by atoms with Crippen molar-refractivity contribution in [3.05, 3.63) is 116 Å². The van der Waals surface area contributed by atoms with Crippen molar-refractivity contribution in [2.45, 2.75) is 0 Å². The summed E-state index contributed by atoms with van der Waals surface area (Å²) < 4.78 is 294. The Morgan fingerprint density at radius 1 is 0.191 bits per heavy atom. The maximum Gasteiger partial charge on any atom is 1.00 e. The molecule has 0 fully saturated rings. The van der Waals surface area contributed by atoms with E-state index in [0.29, 0.717) is 0 Å². The van der Waals surface area contributed by atoms with Crippen molar-refractivity contribution in [2.24, 2.45) is 0 Å². The average Bonchev–Trinajstić information content (AvgIpc) is 3.00. The van der Waals surface area contributed by atoms with Crippen molar-refractivity contribution in [3.8, 4) is 0 Å². The molecule has 0 heterocycles. The number of halogens is 20. The summed E-state index contributed by atoms with van der Waals surface area (Å²) in [4.78, 5) is 0. The third-order valence-corrected chi connectivity index (χ3v) is 6.71. The Hall–Kier alpha value is -3.43. The van der Waals surface area contributed by atoms with Gasteiger partial charge in [0, 0.05) is 0 Å². The molecule has 4 aromatic carbocycles. The summed E-state index contributed by atoms with van der Waals surface area (Å²) in [6.07, 6.45) is -7.22. The van der Waals surface area contributed by atoms with E-state index in [4.69, 9.17) is 0 Å². The average molecular weight is 720 g/mol. The molecule has 0 nitrogen and oxygen atoms in total. The van der Waals surface area contributed by atoms with Crippen LogP contribution in [-0.4, -0.2) is 6.15 Å². The summed E-state index contributed by atoms with van der Waals surface area (Å²) in [6.45, 7) is 0. The van der Waals surface area contributed by atoms with Gasteiger partial charge in [-0.15, -0.1) is 21.9 Å². The zero-order valence-electron chi connectivity index (χ0n) is 21.8. The largest absolute Gasteiger partial charge is 1.00 e. The third-order valence-electron chi connectivity index (χ3n) is 6.71. The quantitative estimate of drug-likeness (QED) is 0.100. The van der Waals surface area contributed by atoms with Crippen LogP contribution < -0.4 is 40.7 Å². The molecular formula is C24H3BF20LiP. The number of hydrogen-bond donors (Lipinski definition) is 0. The Labute approximate surface area is 261 Å². The van der Waals surface area contributed by atoms with E-state index in [2.05, 4.69) is 0 Å². The fourth-order valence-corrected chi connectivity index (χ4v) is 4.87. The van der Waals surface area contributed by atoms with Gasteiger partial charge in [-0.3, -0.25) is 0 Å². The molecule has 0 aliphatic heterocycles. The van der Waals surface area contributed by atoms with Gasteiger partial charge in [0.15, 0.2) is 69.8 Å². The van der Waals surface area contributed by atoms with E-state index in [9.17, 15) is 52.7 Å². The molecule has 4 aromatic rings. The molecule has 1 atom stereocenters. The molecular weight excluding hydrogens is 717 g/mol. The summed E-state index contributed by atoms with van der Waals surface area (Å²) in [5, 5.41) is 0. The van der Waals surface area contributed by atoms with Gasteiger partial charge in [0.05, 0.1) is 0 Å². The van der Waals surface area contributed by atoms with Gasteiger partial charge in [-0.2, -0.15) is 9.90 Å². The maximum absolute atomic E-state index is 15.4. The molecule has 47 heavy (non-hydrogen) atoms. The van der Waals surface area contributed by atoms with Crippen LogP contribution in [0.1, 0.15) is 0 Å². The smallest absolute Gasteiger partial charge is 0.207 e. The standard InChI is InChI=1S/C24BF20.Li.H3P/c26-5-1(6(27)14(35)21(42)13(5)34)25(2-7(28)15(36)22(43)16(37)8(2)29,3-9(30)17(38)23(44)18(39)10(3)31)4-11(32)19(40)24(45)20(41)12(4)33;;/h;;1H3/q-1;+1;. The van der Waals surface area contributed by atoms with Gasteiger partial charge in [-0.1, -0.05) is 0 Å². The molecule has 4 rings (SSSR count). The first-order chi connectivity index (χ1) is 20.7. The SMILES string of the molecule is Fc1c(F)c(F)c([B-](c2c(F)c(F)c(F)c(F)c2F)(c2c(F)c(F)c(F)c(F)c2F)c2c(F)c(F)c(F)c(F)c2F)c(F)c1F.P.[Li+]. The monoisotopic (exact) mass is 720 g/mol. The van der Waals surface area contributed by atoms with Crippen LogP contribution in [-0.2, 0) is 0 Å². The molecule has 248 valence electrons. The molecule has 23 heteroatoms. The van der Waals surface area contributed by atoms with Gasteiger partial charge in [-0.25, -0.2) is 87.8 Å². The first-order valence-corrected chi connectivity index (χ1v) is 10.9. The van der Waals surface area contributed by atoms with E-state index in [1.807, 2.05) is 0 Å². The first kappa shape index (κ1) is 39.7. The summed E-state index contributed by atoms with van der Waals surface area (Å²) in [7, 11) is 0. The van der Waals surface area contributed by atoms with Crippen LogP contribution in [0.5, 0.6) is 0 Å². The van der Waals surface area contributed by atoms with E-state index < -0.39 is 144 Å². The maximum atomic E-state index is 15.4. The second-order valence-electron chi connectivity index (χ2n) is 8.80. The second kappa shape index (κ2) is 13.2. The first-order valence-electron chi connectivity index (χ1n) is 10.9. The summed E-state index contributed by atoms with van der Waals surface area (Å²) in [5.41, 5.74) is -14.3. The van der Waals surface area contributed by atoms with E-state index >= 15 is 35.1 Å². The van der Waals surface area contributed by atoms with Crippen LogP contribution in [0.15, 0.2) is 0 Å². The Kier molecular flexibility index (Phi) is 11.2. The molecule has 0 N–H and O–H groups in total. The Balaban J connectivity index is 0.00000384. The second-order valence-corrected chi connectivity index (χ2v) is 8.80. The normalized spacial score (nSPS) is 11.5. The fraction of sp³-hybridized carbons (Fsp3) is 0. The Morgan fingerprint density at radius 2 is 0.277 bits per heavy atom. The van der Waals surface area contributed by atoms with Crippen LogP contribution in [0.25, 0.3) is 0 Å². The third kappa shape index (κ3) is 5.16. The molecule has 0 bridgehead atoms. The van der Waals surface area contributed by atoms with Gasteiger partial charge in [0.2, 0.25) is 0 Å². The van der Waals surface area contributed by atoms with Crippen LogP contribution in [0.2, 0.25) is 0 Å². The summed E-state index contributed by atoms with van der Waals surface area (Å²) in [5.74, 6) is -71.4. The van der Waals surface area contributed by atoms with Crippen molar-refractivity contribution in [2.75, 3.05) is 0 Å². The van der Waals surface area contributed by atoms with Crippen LogP contribution in [0, 0.1) is 116 Å². The number of hydrogen-bond acceptors (Lipinski definition) is 0. The summed E-state index contributed by atoms with van der Waals surface area (Å²) >= 11 is 0. The van der Waals surface area contributed by atoms with E-state index in [-0.39, 0.29) is 28.8 Å². The zero-order valence-corrected chi connectivity index (χ0v) is 23.3. The molecule has 0 saturated heterocycles. The van der Waals surface area contributed by atoms with E-state index in [0.717, 1.165) is 0 Å². The zero-order chi connectivity index (χ0) is 34.4. The molecule has 0 saturated carbocycles. The number of benzene rings is 4. The van der Waals surface area contributed by atoms with Crippen LogP contribution in [0.3, 0.4) is 0 Å². The van der Waals surface area contributed by atoms with Gasteiger partial charge >= 0.3 is 18.9 Å². The Bertz CT molecular complexity index is 1580.